The highest BCUT2D eigenvalue weighted by molar-refractivity contribution is 14.0. The summed E-state index contributed by atoms with van der Waals surface area (Å²) in [5.74, 6) is 2.26. The van der Waals surface area contributed by atoms with Gasteiger partial charge >= 0.3 is 0 Å². The molecule has 1 aromatic carbocycles. The van der Waals surface area contributed by atoms with Gasteiger partial charge in [0.15, 0.2) is 11.8 Å². The van der Waals surface area contributed by atoms with E-state index in [1.54, 1.807) is 6.26 Å². The molecule has 0 bridgehead atoms. The van der Waals surface area contributed by atoms with Crippen LogP contribution in [0, 0.1) is 0 Å². The van der Waals surface area contributed by atoms with Crippen molar-refractivity contribution >= 4 is 29.9 Å². The highest BCUT2D eigenvalue weighted by Crippen LogP contribution is 2.19. The fourth-order valence-corrected chi connectivity index (χ4v) is 3.76. The Balaban J connectivity index is 0.00000306. The van der Waals surface area contributed by atoms with E-state index in [-0.39, 0.29) is 24.0 Å². The lowest BCUT2D eigenvalue weighted by molar-refractivity contribution is 0.169. The number of hydrogen-bond acceptors (Lipinski definition) is 7. The van der Waals surface area contributed by atoms with Gasteiger partial charge in [0, 0.05) is 57.3 Å². The molecule has 1 aliphatic rings. The van der Waals surface area contributed by atoms with Gasteiger partial charge in [-0.25, -0.2) is 4.99 Å². The Bertz CT molecular complexity index is 998. The molecule has 1 aliphatic heterocycles. The lowest BCUT2D eigenvalue weighted by Gasteiger charge is -2.36. The van der Waals surface area contributed by atoms with Crippen LogP contribution in [0.2, 0.25) is 0 Å². The number of aliphatic imine (C=N–C) groups is 1. The van der Waals surface area contributed by atoms with Crippen LogP contribution in [0.25, 0.3) is 11.5 Å². The predicted octanol–water partition coefficient (Wildman–Crippen LogP) is 3.58. The number of benzene rings is 1. The van der Waals surface area contributed by atoms with Crippen LogP contribution in [0.3, 0.4) is 0 Å². The number of hydrogen-bond donors (Lipinski definition) is 1. The molecule has 3 aromatic rings. The van der Waals surface area contributed by atoms with Crippen molar-refractivity contribution in [3.63, 3.8) is 0 Å². The van der Waals surface area contributed by atoms with Gasteiger partial charge in [-0.15, -0.1) is 24.0 Å². The first-order valence-corrected chi connectivity index (χ1v) is 11.3. The largest absolute Gasteiger partial charge is 0.364 e. The van der Waals surface area contributed by atoms with Crippen LogP contribution < -0.4 is 5.32 Å². The number of guanidine groups is 1. The molecule has 4 rings (SSSR count). The van der Waals surface area contributed by atoms with E-state index in [0.29, 0.717) is 12.4 Å². The third kappa shape index (κ3) is 7.00. The summed E-state index contributed by atoms with van der Waals surface area (Å²) in [5, 5.41) is 11.5. The molecular formula is C23H32IN7O2. The molecule has 0 radical (unpaired) electrons. The van der Waals surface area contributed by atoms with Crippen molar-refractivity contribution in [2.24, 2.45) is 4.99 Å². The van der Waals surface area contributed by atoms with Gasteiger partial charge in [-0.05, 0) is 31.0 Å². The molecule has 0 unspecified atom stereocenters. The summed E-state index contributed by atoms with van der Waals surface area (Å²) in [6.45, 7) is 10.2. The van der Waals surface area contributed by atoms with E-state index in [1.807, 2.05) is 18.2 Å². The average Bonchev–Trinajstić information content (AvgIpc) is 3.50. The summed E-state index contributed by atoms with van der Waals surface area (Å²) in [6, 6.07) is 10.1. The minimum Gasteiger partial charge on any atom is -0.364 e. The molecule has 10 heteroatoms. The van der Waals surface area contributed by atoms with E-state index in [1.165, 1.54) is 0 Å². The minimum atomic E-state index is 0. The van der Waals surface area contributed by atoms with Crippen LogP contribution in [-0.2, 0) is 19.5 Å². The van der Waals surface area contributed by atoms with Crippen molar-refractivity contribution in [3.8, 4) is 11.5 Å². The van der Waals surface area contributed by atoms with Crippen molar-refractivity contribution < 1.29 is 9.05 Å². The average molecular weight is 565 g/mol. The highest BCUT2D eigenvalue weighted by atomic mass is 127. The van der Waals surface area contributed by atoms with Gasteiger partial charge in [0.05, 0.1) is 12.2 Å². The number of nitrogens with one attached hydrogen (secondary N) is 1. The van der Waals surface area contributed by atoms with E-state index < -0.39 is 0 Å². The van der Waals surface area contributed by atoms with Crippen molar-refractivity contribution in [3.05, 3.63) is 53.7 Å². The van der Waals surface area contributed by atoms with Gasteiger partial charge in [-0.2, -0.15) is 4.98 Å². The van der Waals surface area contributed by atoms with Gasteiger partial charge in [-0.3, -0.25) is 4.90 Å². The lowest BCUT2D eigenvalue weighted by Crippen LogP contribution is -2.52. The van der Waals surface area contributed by atoms with E-state index in [9.17, 15) is 0 Å². The lowest BCUT2D eigenvalue weighted by atomic mass is 10.1. The Hall–Kier alpha value is -2.47. The van der Waals surface area contributed by atoms with Crippen LogP contribution >= 0.6 is 24.0 Å². The summed E-state index contributed by atoms with van der Waals surface area (Å²) >= 11 is 0. The van der Waals surface area contributed by atoms with Crippen molar-refractivity contribution in [1.82, 2.24) is 30.4 Å². The molecule has 1 fully saturated rings. The third-order valence-electron chi connectivity index (χ3n) is 5.41. The van der Waals surface area contributed by atoms with Crippen molar-refractivity contribution in [1.29, 1.82) is 0 Å². The smallest absolute Gasteiger partial charge is 0.257 e. The Morgan fingerprint density at radius 2 is 1.97 bits per heavy atom. The molecule has 0 saturated carbocycles. The van der Waals surface area contributed by atoms with Gasteiger partial charge < -0.3 is 19.3 Å². The molecule has 178 valence electrons. The van der Waals surface area contributed by atoms with E-state index in [0.717, 1.165) is 80.7 Å². The molecule has 1 saturated heterocycles. The zero-order valence-corrected chi connectivity index (χ0v) is 21.6. The second kappa shape index (κ2) is 12.7. The maximum absolute atomic E-state index is 5.43. The molecule has 0 amide bonds. The first kappa shape index (κ1) is 25.2. The van der Waals surface area contributed by atoms with E-state index in [2.05, 4.69) is 56.4 Å². The number of halogens is 1. The summed E-state index contributed by atoms with van der Waals surface area (Å²) < 4.78 is 10.4. The zero-order chi connectivity index (χ0) is 22.2. The summed E-state index contributed by atoms with van der Waals surface area (Å²) in [5.41, 5.74) is 3.01. The van der Waals surface area contributed by atoms with Gasteiger partial charge in [0.2, 0.25) is 0 Å². The van der Waals surface area contributed by atoms with Gasteiger partial charge in [0.1, 0.15) is 6.26 Å². The highest BCUT2D eigenvalue weighted by Gasteiger charge is 2.20. The summed E-state index contributed by atoms with van der Waals surface area (Å²) in [6.07, 6.45) is 3.44. The van der Waals surface area contributed by atoms with Gasteiger partial charge in [-0.1, -0.05) is 29.4 Å². The normalized spacial score (nSPS) is 14.8. The monoisotopic (exact) mass is 565 g/mol. The molecule has 0 aliphatic carbocycles. The molecule has 0 atom stereocenters. The standard InChI is InChI=1S/C23H31N7O2.HI/c1-3-6-21-26-22(32-28-21)19-8-5-7-18(15-19)16-25-23(24-4-2)30-12-10-29(11-13-30)17-20-9-14-31-27-20;/h5,7-9,14-15H,3-4,6,10-13,16-17H2,1-2H3,(H,24,25);1H. The maximum atomic E-state index is 5.43. The Morgan fingerprint density at radius 3 is 2.70 bits per heavy atom. The summed E-state index contributed by atoms with van der Waals surface area (Å²) in [7, 11) is 0. The van der Waals surface area contributed by atoms with Crippen molar-refractivity contribution in [2.75, 3.05) is 32.7 Å². The quantitative estimate of drug-likeness (QED) is 0.252. The van der Waals surface area contributed by atoms with E-state index in [4.69, 9.17) is 14.0 Å². The molecule has 2 aromatic heterocycles. The first-order chi connectivity index (χ1) is 15.7. The molecule has 3 heterocycles. The number of aryl methyl sites for hydroxylation is 1. The minimum absolute atomic E-state index is 0. The van der Waals surface area contributed by atoms with Crippen LogP contribution in [0.1, 0.15) is 37.4 Å². The topological polar surface area (TPSA) is 95.8 Å². The predicted molar refractivity (Wildman–Crippen MR) is 137 cm³/mol. The third-order valence-corrected chi connectivity index (χ3v) is 5.41. The molecule has 0 spiro atoms. The Labute approximate surface area is 211 Å². The SMILES string of the molecule is CCCc1noc(-c2cccc(CN=C(NCC)N3CCN(Cc4ccon4)CC3)c2)n1.I. The molecule has 9 nitrogen and oxygen atoms in total. The Kier molecular flexibility index (Phi) is 9.67. The fourth-order valence-electron chi connectivity index (χ4n) is 3.76. The Morgan fingerprint density at radius 1 is 1.12 bits per heavy atom. The van der Waals surface area contributed by atoms with Crippen LogP contribution in [0.5, 0.6) is 0 Å². The maximum Gasteiger partial charge on any atom is 0.257 e. The molecule has 33 heavy (non-hydrogen) atoms. The number of rotatable bonds is 8. The fraction of sp³-hybridized carbons (Fsp3) is 0.478. The zero-order valence-electron chi connectivity index (χ0n) is 19.2. The molecule has 1 N–H and O–H groups in total. The van der Waals surface area contributed by atoms with Crippen molar-refractivity contribution in [2.45, 2.75) is 39.8 Å². The summed E-state index contributed by atoms with van der Waals surface area (Å²) in [4.78, 5) is 14.1. The second-order valence-corrected chi connectivity index (χ2v) is 7.89. The molecular weight excluding hydrogens is 533 g/mol. The number of nitrogens with zero attached hydrogens (tertiary/aromatic N) is 6. The second-order valence-electron chi connectivity index (χ2n) is 7.89. The number of aromatic nitrogens is 3. The van der Waals surface area contributed by atoms with E-state index >= 15 is 0 Å². The number of piperazine rings is 1. The first-order valence-electron chi connectivity index (χ1n) is 11.3. The van der Waals surface area contributed by atoms with Crippen LogP contribution in [-0.4, -0.2) is 63.8 Å². The van der Waals surface area contributed by atoms with Crippen LogP contribution in [0.15, 0.2) is 50.6 Å². The van der Waals surface area contributed by atoms with Gasteiger partial charge in [0.25, 0.3) is 5.89 Å². The van der Waals surface area contributed by atoms with Crippen LogP contribution in [0.4, 0.5) is 0 Å².